The standard InChI is InChI=1S/C32H83O14Si15/c1-32-31-50(2)37-53(5)42-59(10,33-32)28-22-16-14-20-26-48-35-58(27-21-15-18-24-30-61(12)45-56(8)40-52(4)41-57(9)46-61)36-49-34-47-25-19-13-17-23-29-60(11)43-54(6)38-51(3)39-55(7)44-60/h32,50-57H,13-31H2,1-12H3. The first-order chi connectivity index (χ1) is 29.0. The van der Waals surface area contributed by atoms with Crippen LogP contribution in [0.3, 0.4) is 0 Å². The van der Waals surface area contributed by atoms with Gasteiger partial charge in [-0.3, -0.25) is 0 Å². The molecule has 0 bridgehead atoms. The summed E-state index contributed by atoms with van der Waals surface area (Å²) in [7, 11) is -19.8. The Labute approximate surface area is 398 Å². The molecule has 3 aliphatic rings. The first-order valence-corrected chi connectivity index (χ1v) is 52.6. The minimum absolute atomic E-state index is 0.0546. The Kier molecular flexibility index (Phi) is 30.2. The van der Waals surface area contributed by atoms with E-state index in [0.29, 0.717) is 19.5 Å². The second-order valence-electron chi connectivity index (χ2n) is 17.4. The molecule has 0 spiro atoms. The molecule has 0 aliphatic carbocycles. The minimum atomic E-state index is -2.26. The van der Waals surface area contributed by atoms with E-state index < -0.39 is 109 Å². The molecule has 3 rings (SSSR count). The van der Waals surface area contributed by atoms with E-state index in [4.69, 9.17) is 57.9 Å². The molecule has 29 heteroatoms. The molecule has 3 heterocycles. The van der Waals surface area contributed by atoms with Crippen molar-refractivity contribution in [3.05, 3.63) is 0 Å². The molecule has 3 aliphatic heterocycles. The molecule has 14 nitrogen and oxygen atoms in total. The summed E-state index contributed by atoms with van der Waals surface area (Å²) in [5.74, 6) is 0. The Morgan fingerprint density at radius 1 is 0.492 bits per heavy atom. The normalized spacial score (nSPS) is 35.9. The fourth-order valence-corrected chi connectivity index (χ4v) is 53.6. The minimum Gasteiger partial charge on any atom is -0.441 e. The molecule has 0 saturated carbocycles. The van der Waals surface area contributed by atoms with Gasteiger partial charge in [0.15, 0.2) is 9.04 Å². The van der Waals surface area contributed by atoms with E-state index in [9.17, 15) is 0 Å². The van der Waals surface area contributed by atoms with Crippen LogP contribution >= 0.6 is 0 Å². The zero-order chi connectivity index (χ0) is 44.7. The highest BCUT2D eigenvalue weighted by Crippen LogP contribution is 2.27. The van der Waals surface area contributed by atoms with Gasteiger partial charge >= 0.3 is 45.0 Å². The average molecular weight is 1110 g/mol. The number of hydrogen-bond acceptors (Lipinski definition) is 14. The number of unbranched alkanes of at least 4 members (excludes halogenated alkanes) is 9. The molecular weight excluding hydrogens is 1030 g/mol. The van der Waals surface area contributed by atoms with Crippen molar-refractivity contribution < 1.29 is 57.9 Å². The highest BCUT2D eigenvalue weighted by atomic mass is 28.5. The van der Waals surface area contributed by atoms with Gasteiger partial charge in [0.1, 0.15) is 0 Å². The quantitative estimate of drug-likeness (QED) is 0.0711. The monoisotopic (exact) mass is 1110 g/mol. The zero-order valence-electron chi connectivity index (χ0n) is 39.8. The lowest BCUT2D eigenvalue weighted by molar-refractivity contribution is 0.165. The van der Waals surface area contributed by atoms with Crippen molar-refractivity contribution in [1.82, 2.24) is 0 Å². The Balaban J connectivity index is 1.32. The second-order valence-corrected chi connectivity index (χ2v) is 51.6. The van der Waals surface area contributed by atoms with Gasteiger partial charge in [-0.05, 0) is 121 Å². The van der Waals surface area contributed by atoms with E-state index in [0.717, 1.165) is 80.8 Å². The SMILES string of the molecule is CC1C[SiH](C)O[SiH](C)O[Si](C)(CCCCCC[Si]O[Si](CCCCCC[Si]2(C)O[SiH](C)O[SiH](C)O[SiH](C)O2)O[Si]O[Si]CCCCCC[Si]2(C)O[SiH](C)O[SiH](C)O[SiH](C)O2)O1. The smallest absolute Gasteiger partial charge is 0.411 e. The fraction of sp³-hybridized carbons (Fsp3) is 1.00. The third-order valence-electron chi connectivity index (χ3n) is 10.7. The topological polar surface area (TPSA) is 129 Å². The predicted molar refractivity (Wildman–Crippen MR) is 276 cm³/mol. The van der Waals surface area contributed by atoms with E-state index in [1.54, 1.807) is 0 Å². The largest absolute Gasteiger partial charge is 0.441 e. The Bertz CT molecular complexity index is 1120. The zero-order valence-corrected chi connectivity index (χ0v) is 56.1. The van der Waals surface area contributed by atoms with Gasteiger partial charge in [0.05, 0.1) is 0 Å². The van der Waals surface area contributed by atoms with E-state index in [1.165, 1.54) is 38.5 Å². The Morgan fingerprint density at radius 3 is 1.41 bits per heavy atom. The van der Waals surface area contributed by atoms with Gasteiger partial charge < -0.3 is 57.9 Å². The molecule has 0 aromatic rings. The van der Waals surface area contributed by atoms with Crippen molar-refractivity contribution >= 4 is 139 Å². The molecule has 8 atom stereocenters. The van der Waals surface area contributed by atoms with Crippen molar-refractivity contribution in [2.24, 2.45) is 0 Å². The first kappa shape index (κ1) is 58.0. The number of rotatable bonds is 27. The predicted octanol–water partition coefficient (Wildman–Crippen LogP) is 5.95. The van der Waals surface area contributed by atoms with Crippen molar-refractivity contribution in [1.29, 1.82) is 0 Å². The molecule has 61 heavy (non-hydrogen) atoms. The summed E-state index contributed by atoms with van der Waals surface area (Å²) in [4.78, 5) is 0. The third-order valence-corrected chi connectivity index (χ3v) is 54.5. The molecular formula is C32H83O14Si15. The van der Waals surface area contributed by atoms with Crippen LogP contribution in [-0.2, 0) is 57.9 Å². The van der Waals surface area contributed by atoms with Crippen molar-refractivity contribution in [2.45, 2.75) is 204 Å². The highest BCUT2D eigenvalue weighted by molar-refractivity contribution is 6.82. The molecule has 7 radical (unpaired) electrons. The summed E-state index contributed by atoms with van der Waals surface area (Å²) in [6, 6.07) is 7.32. The van der Waals surface area contributed by atoms with E-state index >= 15 is 0 Å². The van der Waals surface area contributed by atoms with Crippen molar-refractivity contribution in [2.75, 3.05) is 0 Å². The van der Waals surface area contributed by atoms with Gasteiger partial charge in [0, 0.05) is 6.10 Å². The summed E-state index contributed by atoms with van der Waals surface area (Å²) in [6.45, 7) is 25.9. The molecule has 0 N–H and O–H groups in total. The summed E-state index contributed by atoms with van der Waals surface area (Å²) in [6.07, 6.45) is 14.2. The Morgan fingerprint density at radius 2 is 0.902 bits per heavy atom. The van der Waals surface area contributed by atoms with Gasteiger partial charge in [-0.15, -0.1) is 0 Å². The van der Waals surface area contributed by atoms with Crippen LogP contribution in [0.2, 0.25) is 114 Å². The van der Waals surface area contributed by atoms with Crippen LogP contribution in [0.1, 0.15) is 84.0 Å². The van der Waals surface area contributed by atoms with Crippen molar-refractivity contribution in [3.8, 4) is 0 Å². The third kappa shape index (κ3) is 26.9. The molecule has 3 fully saturated rings. The summed E-state index contributed by atoms with van der Waals surface area (Å²) in [5.41, 5.74) is 0. The lowest BCUT2D eigenvalue weighted by Gasteiger charge is -2.37. The van der Waals surface area contributed by atoms with Gasteiger partial charge in [0.25, 0.3) is 65.0 Å². The van der Waals surface area contributed by atoms with Gasteiger partial charge in [0.2, 0.25) is 19.5 Å². The van der Waals surface area contributed by atoms with Crippen LogP contribution in [0, 0.1) is 0 Å². The van der Waals surface area contributed by atoms with Gasteiger partial charge in [-0.2, -0.15) is 0 Å². The maximum atomic E-state index is 6.55. The molecule has 0 aromatic heterocycles. The van der Waals surface area contributed by atoms with E-state index in [2.05, 4.69) is 78.9 Å². The second kappa shape index (κ2) is 31.7. The maximum absolute atomic E-state index is 6.55. The van der Waals surface area contributed by atoms with E-state index in [-0.39, 0.29) is 16.1 Å². The molecule has 0 aromatic carbocycles. The van der Waals surface area contributed by atoms with Crippen LogP contribution in [0.15, 0.2) is 0 Å². The highest BCUT2D eigenvalue weighted by Gasteiger charge is 2.41. The molecule has 0 amide bonds. The Hall–Kier alpha value is 2.69. The summed E-state index contributed by atoms with van der Waals surface area (Å²) >= 11 is 0. The van der Waals surface area contributed by atoms with Crippen LogP contribution in [0.4, 0.5) is 0 Å². The van der Waals surface area contributed by atoms with Crippen molar-refractivity contribution in [3.63, 3.8) is 0 Å². The molecule has 3 saturated heterocycles. The fourth-order valence-electron chi connectivity index (χ4n) is 8.26. The maximum Gasteiger partial charge on any atom is 0.411 e. The van der Waals surface area contributed by atoms with Gasteiger partial charge in [-0.1, -0.05) is 77.0 Å². The van der Waals surface area contributed by atoms with Crippen LogP contribution in [0.25, 0.3) is 0 Å². The average Bonchev–Trinajstić information content (AvgIpc) is 3.11. The van der Waals surface area contributed by atoms with Crippen LogP contribution in [0.5, 0.6) is 0 Å². The lowest BCUT2D eigenvalue weighted by Crippen LogP contribution is -2.52. The lowest BCUT2D eigenvalue weighted by atomic mass is 10.2. The number of hydrogen-bond donors (Lipinski definition) is 0. The van der Waals surface area contributed by atoms with Crippen LogP contribution in [-0.4, -0.2) is 145 Å². The van der Waals surface area contributed by atoms with E-state index in [1.807, 2.05) is 0 Å². The van der Waals surface area contributed by atoms with Gasteiger partial charge in [-0.25, -0.2) is 0 Å². The first-order valence-electron chi connectivity index (χ1n) is 23.4. The molecule has 355 valence electrons. The van der Waals surface area contributed by atoms with Crippen LogP contribution < -0.4 is 0 Å². The summed E-state index contributed by atoms with van der Waals surface area (Å²) in [5, 5.41) is 0. The molecule has 8 unspecified atom stereocenters. The summed E-state index contributed by atoms with van der Waals surface area (Å²) < 4.78 is 88.5.